The van der Waals surface area contributed by atoms with E-state index in [0.29, 0.717) is 12.8 Å². The number of rotatable bonds is 19. The van der Waals surface area contributed by atoms with E-state index in [4.69, 9.17) is 4.74 Å². The monoisotopic (exact) mass is 557 g/mol. The van der Waals surface area contributed by atoms with Gasteiger partial charge in [-0.2, -0.15) is 0 Å². The number of alkyl halides is 1. The van der Waals surface area contributed by atoms with Crippen molar-refractivity contribution in [1.29, 1.82) is 0 Å². The smallest absolute Gasteiger partial charge is 0.220 e. The Morgan fingerprint density at radius 3 is 1.73 bits per heavy atom. The Kier molecular flexibility index (Phi) is 14.4. The second-order valence-corrected chi connectivity index (χ2v) is 10.8. The molecule has 0 saturated carbocycles. The maximum absolute atomic E-state index is 14.9. The Hall–Kier alpha value is -3.24. The quantitative estimate of drug-likeness (QED) is 0.0906. The van der Waals surface area contributed by atoms with E-state index in [1.54, 1.807) is 12.2 Å². The van der Waals surface area contributed by atoms with Crippen LogP contribution in [-0.4, -0.2) is 24.7 Å². The van der Waals surface area contributed by atoms with Gasteiger partial charge in [-0.15, -0.1) is 0 Å². The molecule has 0 aromatic heterocycles. The third-order valence-electron chi connectivity index (χ3n) is 7.51. The van der Waals surface area contributed by atoms with Gasteiger partial charge in [0.15, 0.2) is 0 Å². The minimum atomic E-state index is -1.04. The fourth-order valence-corrected chi connectivity index (χ4v) is 5.24. The van der Waals surface area contributed by atoms with Crippen molar-refractivity contribution >= 4 is 5.91 Å². The molecule has 0 saturated heterocycles. The van der Waals surface area contributed by atoms with Crippen LogP contribution in [0.15, 0.2) is 103 Å². The molecule has 3 aromatic carbocycles. The van der Waals surface area contributed by atoms with E-state index < -0.39 is 17.8 Å². The van der Waals surface area contributed by atoms with Crippen molar-refractivity contribution in [2.45, 2.75) is 95.9 Å². The van der Waals surface area contributed by atoms with Crippen molar-refractivity contribution in [1.82, 2.24) is 5.32 Å². The maximum atomic E-state index is 14.9. The maximum Gasteiger partial charge on any atom is 0.220 e. The first-order valence-electron chi connectivity index (χ1n) is 15.5. The van der Waals surface area contributed by atoms with E-state index in [1.807, 2.05) is 54.6 Å². The Balaban J connectivity index is 1.88. The summed E-state index contributed by atoms with van der Waals surface area (Å²) in [5, 5.41) is 3.12. The normalized spacial score (nSPS) is 13.2. The first-order chi connectivity index (χ1) is 20.1. The van der Waals surface area contributed by atoms with Gasteiger partial charge in [-0.1, -0.05) is 162 Å². The van der Waals surface area contributed by atoms with E-state index in [9.17, 15) is 9.18 Å². The van der Waals surface area contributed by atoms with Crippen LogP contribution < -0.4 is 5.32 Å². The van der Waals surface area contributed by atoms with Crippen molar-refractivity contribution in [3.63, 3.8) is 0 Å². The molecule has 2 atom stereocenters. The molecular formula is C37H48FNO2. The number of unbranched alkanes of at least 4 members (excludes halogenated alkanes) is 6. The number of carbonyl (C=O) groups is 1. The van der Waals surface area contributed by atoms with Gasteiger partial charge in [0.25, 0.3) is 0 Å². The topological polar surface area (TPSA) is 38.3 Å². The fourth-order valence-electron chi connectivity index (χ4n) is 5.24. The Bertz CT molecular complexity index is 1040. The van der Waals surface area contributed by atoms with Crippen molar-refractivity contribution < 1.29 is 13.9 Å². The molecule has 1 amide bonds. The van der Waals surface area contributed by atoms with Crippen LogP contribution in [0.3, 0.4) is 0 Å². The number of benzene rings is 3. The number of halogens is 1. The zero-order valence-electron chi connectivity index (χ0n) is 24.9. The molecule has 0 heterocycles. The third-order valence-corrected chi connectivity index (χ3v) is 7.51. The average Bonchev–Trinajstić information content (AvgIpc) is 3.01. The summed E-state index contributed by atoms with van der Waals surface area (Å²) in [7, 11) is 0. The van der Waals surface area contributed by atoms with Gasteiger partial charge in [-0.3, -0.25) is 4.79 Å². The minimum Gasteiger partial charge on any atom is -0.358 e. The van der Waals surface area contributed by atoms with E-state index >= 15 is 0 Å². The second-order valence-electron chi connectivity index (χ2n) is 10.8. The zero-order valence-corrected chi connectivity index (χ0v) is 24.9. The molecule has 0 spiro atoms. The van der Waals surface area contributed by atoms with Gasteiger partial charge in [0.2, 0.25) is 5.91 Å². The molecule has 0 unspecified atom stereocenters. The molecule has 220 valence electrons. The lowest BCUT2D eigenvalue weighted by atomic mass is 9.80. The Morgan fingerprint density at radius 1 is 0.732 bits per heavy atom. The lowest BCUT2D eigenvalue weighted by Crippen LogP contribution is -2.41. The minimum absolute atomic E-state index is 0.0311. The van der Waals surface area contributed by atoms with Crippen molar-refractivity contribution in [2.75, 3.05) is 6.61 Å². The van der Waals surface area contributed by atoms with E-state index in [0.717, 1.165) is 55.2 Å². The molecule has 0 fully saturated rings. The van der Waals surface area contributed by atoms with Gasteiger partial charge in [0, 0.05) is 6.42 Å². The number of hydrogen-bond donors (Lipinski definition) is 1. The van der Waals surface area contributed by atoms with Crippen LogP contribution in [0, 0.1) is 0 Å². The first-order valence-corrected chi connectivity index (χ1v) is 15.5. The summed E-state index contributed by atoms with van der Waals surface area (Å²) in [5.74, 6) is -0.0311. The largest absolute Gasteiger partial charge is 0.358 e. The highest BCUT2D eigenvalue weighted by Crippen LogP contribution is 2.40. The van der Waals surface area contributed by atoms with Crippen LogP contribution in [0.2, 0.25) is 0 Å². The fraction of sp³-hybridized carbons (Fsp3) is 0.432. The first kappa shape index (κ1) is 32.3. The van der Waals surface area contributed by atoms with Gasteiger partial charge in [0.1, 0.15) is 11.8 Å². The van der Waals surface area contributed by atoms with Crippen molar-refractivity contribution in [2.24, 2.45) is 0 Å². The van der Waals surface area contributed by atoms with Gasteiger partial charge < -0.3 is 10.1 Å². The molecule has 1 N–H and O–H groups in total. The van der Waals surface area contributed by atoms with E-state index in [1.165, 1.54) is 12.8 Å². The molecule has 3 rings (SSSR count). The molecule has 0 bridgehead atoms. The van der Waals surface area contributed by atoms with Gasteiger partial charge in [-0.05, 0) is 29.5 Å². The van der Waals surface area contributed by atoms with Crippen LogP contribution in [-0.2, 0) is 15.1 Å². The Labute approximate surface area is 247 Å². The van der Waals surface area contributed by atoms with Crippen LogP contribution in [0.4, 0.5) is 4.39 Å². The highest BCUT2D eigenvalue weighted by atomic mass is 19.1. The van der Waals surface area contributed by atoms with E-state index in [-0.39, 0.29) is 12.5 Å². The Morgan fingerprint density at radius 2 is 1.22 bits per heavy atom. The van der Waals surface area contributed by atoms with E-state index in [2.05, 4.69) is 55.6 Å². The summed E-state index contributed by atoms with van der Waals surface area (Å²) in [6.45, 7) is 4.50. The highest BCUT2D eigenvalue weighted by Gasteiger charge is 2.38. The van der Waals surface area contributed by atoms with Gasteiger partial charge >= 0.3 is 0 Å². The molecule has 0 aliphatic heterocycles. The van der Waals surface area contributed by atoms with Gasteiger partial charge in [0.05, 0.1) is 12.6 Å². The van der Waals surface area contributed by atoms with Crippen LogP contribution in [0.5, 0.6) is 0 Å². The lowest BCUT2D eigenvalue weighted by Gasteiger charge is -2.37. The number of ether oxygens (including phenoxy) is 1. The number of hydrogen-bond acceptors (Lipinski definition) is 2. The highest BCUT2D eigenvalue weighted by molar-refractivity contribution is 5.76. The van der Waals surface area contributed by atoms with Crippen molar-refractivity contribution in [3.8, 4) is 0 Å². The molecular weight excluding hydrogens is 509 g/mol. The lowest BCUT2D eigenvalue weighted by molar-refractivity contribution is -0.122. The summed E-state index contributed by atoms with van der Waals surface area (Å²) in [5.41, 5.74) is 2.07. The predicted octanol–water partition coefficient (Wildman–Crippen LogP) is 9.32. The standard InChI is InChI=1S/C37H48FNO2/c1-3-5-7-8-19-26-34(38)28-29-35(39-36(40)27-12-6-4-2)30-41-37(31-20-13-9-14-21-31,32-22-15-10-16-23-32)33-24-17-11-18-25-33/h9-11,13-18,20-25,28-29,34-35H,3-8,12,19,26-27,30H2,1-2H3,(H,39,40)/b29-28+/t34-,35-/m1/s1. The molecule has 4 heteroatoms. The second kappa shape index (κ2) is 18.2. The zero-order chi connectivity index (χ0) is 29.2. The molecule has 41 heavy (non-hydrogen) atoms. The predicted molar refractivity (Wildman–Crippen MR) is 169 cm³/mol. The van der Waals surface area contributed by atoms with Crippen LogP contribution in [0.25, 0.3) is 0 Å². The summed E-state index contributed by atoms with van der Waals surface area (Å²) < 4.78 is 21.8. The molecule has 0 aliphatic carbocycles. The van der Waals surface area contributed by atoms with Crippen molar-refractivity contribution in [3.05, 3.63) is 120 Å². The molecule has 3 nitrogen and oxygen atoms in total. The summed E-state index contributed by atoms with van der Waals surface area (Å²) >= 11 is 0. The number of allylic oxidation sites excluding steroid dienone is 1. The number of nitrogens with one attached hydrogen (secondary N) is 1. The third kappa shape index (κ3) is 10.3. The summed E-state index contributed by atoms with van der Waals surface area (Å²) in [4.78, 5) is 12.9. The molecule has 3 aromatic rings. The summed E-state index contributed by atoms with van der Waals surface area (Å²) in [6.07, 6.45) is 11.7. The molecule has 0 radical (unpaired) electrons. The number of amides is 1. The van der Waals surface area contributed by atoms with Crippen LogP contribution >= 0.6 is 0 Å². The average molecular weight is 558 g/mol. The summed E-state index contributed by atoms with van der Waals surface area (Å²) in [6, 6.07) is 30.1. The van der Waals surface area contributed by atoms with Crippen LogP contribution in [0.1, 0.15) is 94.7 Å². The number of carbonyl (C=O) groups excluding carboxylic acids is 1. The van der Waals surface area contributed by atoms with Gasteiger partial charge in [-0.25, -0.2) is 4.39 Å². The molecule has 0 aliphatic rings. The SMILES string of the molecule is CCCCCCC[C@@H](F)/C=C/[C@H](COC(c1ccccc1)(c1ccccc1)c1ccccc1)NC(=O)CCCCC.